The molecule has 1 aliphatic rings. The molecular formula is C18H21N3O3. The zero-order valence-corrected chi connectivity index (χ0v) is 13.7. The smallest absolute Gasteiger partial charge is 0.305 e. The van der Waals surface area contributed by atoms with Crippen molar-refractivity contribution in [2.75, 3.05) is 0 Å². The summed E-state index contributed by atoms with van der Waals surface area (Å²) in [6, 6.07) is 9.08. The van der Waals surface area contributed by atoms with Gasteiger partial charge in [-0.05, 0) is 50.1 Å². The average Bonchev–Trinajstić information content (AvgIpc) is 3.16. The number of carbonyl (C=O) groups is 2. The number of hydrogen-bond acceptors (Lipinski definition) is 3. The van der Waals surface area contributed by atoms with E-state index in [4.69, 9.17) is 5.11 Å². The summed E-state index contributed by atoms with van der Waals surface area (Å²) < 4.78 is 1.80. The Kier molecular flexibility index (Phi) is 4.38. The van der Waals surface area contributed by atoms with Crippen molar-refractivity contribution in [2.45, 2.75) is 44.6 Å². The fourth-order valence-electron chi connectivity index (χ4n) is 3.39. The second-order valence-corrected chi connectivity index (χ2v) is 6.44. The molecule has 0 aliphatic heterocycles. The van der Waals surface area contributed by atoms with Crippen LogP contribution >= 0.6 is 0 Å². The van der Waals surface area contributed by atoms with E-state index in [0.29, 0.717) is 5.56 Å². The predicted octanol–water partition coefficient (Wildman–Crippen LogP) is 2.70. The molecule has 0 saturated heterocycles. The van der Waals surface area contributed by atoms with Crippen LogP contribution in [0, 0.1) is 6.92 Å². The Labute approximate surface area is 140 Å². The minimum atomic E-state index is -0.873. The number of rotatable bonds is 5. The molecule has 126 valence electrons. The first-order chi connectivity index (χ1) is 11.5. The molecule has 6 heteroatoms. The molecule has 2 N–H and O–H groups in total. The molecule has 0 spiro atoms. The summed E-state index contributed by atoms with van der Waals surface area (Å²) in [6.45, 7) is 1.96. The number of nitrogens with one attached hydrogen (secondary N) is 1. The van der Waals surface area contributed by atoms with E-state index >= 15 is 0 Å². The second-order valence-electron chi connectivity index (χ2n) is 6.44. The number of benzene rings is 1. The van der Waals surface area contributed by atoms with Gasteiger partial charge in [-0.3, -0.25) is 9.59 Å². The number of aromatic nitrogens is 2. The molecule has 1 heterocycles. The predicted molar refractivity (Wildman–Crippen MR) is 89.2 cm³/mol. The number of amides is 1. The van der Waals surface area contributed by atoms with E-state index in [1.54, 1.807) is 23.0 Å². The summed E-state index contributed by atoms with van der Waals surface area (Å²) in [5.41, 5.74) is 1.81. The number of carboxylic acids is 1. The fraction of sp³-hybridized carbons (Fsp3) is 0.389. The lowest BCUT2D eigenvalue weighted by molar-refractivity contribution is -0.138. The van der Waals surface area contributed by atoms with Crippen LogP contribution in [-0.2, 0) is 4.79 Å². The molecule has 1 amide bonds. The largest absolute Gasteiger partial charge is 0.481 e. The number of nitrogens with zero attached hydrogens (tertiary/aromatic N) is 2. The molecule has 1 aromatic heterocycles. The maximum Gasteiger partial charge on any atom is 0.305 e. The first-order valence-corrected chi connectivity index (χ1v) is 8.14. The quantitative estimate of drug-likeness (QED) is 0.884. The van der Waals surface area contributed by atoms with E-state index in [1.807, 2.05) is 25.1 Å². The molecule has 0 atom stereocenters. The standard InChI is InChI=1S/C18H21N3O3/c1-13-8-11-19-21(13)15-6-4-14(5-7-15)17(24)20-18(12-16(22)23)9-2-3-10-18/h4-8,11H,2-3,9-10,12H2,1H3,(H,20,24)(H,22,23). The maximum atomic E-state index is 12.5. The fourth-order valence-corrected chi connectivity index (χ4v) is 3.39. The van der Waals surface area contributed by atoms with E-state index in [2.05, 4.69) is 10.4 Å². The SMILES string of the molecule is Cc1ccnn1-c1ccc(C(=O)NC2(CC(=O)O)CCCC2)cc1. The number of aliphatic carboxylic acids is 1. The van der Waals surface area contributed by atoms with Crippen LogP contribution in [0.1, 0.15) is 48.2 Å². The van der Waals surface area contributed by atoms with Crippen molar-refractivity contribution in [3.8, 4) is 5.69 Å². The van der Waals surface area contributed by atoms with Gasteiger partial charge in [0.1, 0.15) is 0 Å². The minimum absolute atomic E-state index is 0.0245. The molecule has 1 aliphatic carbocycles. The van der Waals surface area contributed by atoms with E-state index < -0.39 is 11.5 Å². The molecule has 1 fully saturated rings. The topological polar surface area (TPSA) is 84.2 Å². The van der Waals surface area contributed by atoms with Crippen molar-refractivity contribution in [1.82, 2.24) is 15.1 Å². The van der Waals surface area contributed by atoms with E-state index in [9.17, 15) is 9.59 Å². The van der Waals surface area contributed by atoms with Gasteiger partial charge in [-0.15, -0.1) is 0 Å². The van der Waals surface area contributed by atoms with Crippen LogP contribution in [0.3, 0.4) is 0 Å². The Morgan fingerprint density at radius 2 is 1.88 bits per heavy atom. The molecule has 0 unspecified atom stereocenters. The summed E-state index contributed by atoms with van der Waals surface area (Å²) in [7, 11) is 0. The molecule has 1 aromatic carbocycles. The van der Waals surface area contributed by atoms with Crippen LogP contribution in [-0.4, -0.2) is 32.3 Å². The molecule has 6 nitrogen and oxygen atoms in total. The summed E-state index contributed by atoms with van der Waals surface area (Å²) >= 11 is 0. The Hall–Kier alpha value is -2.63. The van der Waals surface area contributed by atoms with Crippen LogP contribution in [0.2, 0.25) is 0 Å². The lowest BCUT2D eigenvalue weighted by Gasteiger charge is -2.28. The average molecular weight is 327 g/mol. The van der Waals surface area contributed by atoms with Crippen molar-refractivity contribution in [1.29, 1.82) is 0 Å². The van der Waals surface area contributed by atoms with Gasteiger partial charge in [-0.1, -0.05) is 12.8 Å². The number of hydrogen-bond donors (Lipinski definition) is 2. The van der Waals surface area contributed by atoms with Crippen molar-refractivity contribution in [3.05, 3.63) is 47.8 Å². The van der Waals surface area contributed by atoms with Crippen LogP contribution < -0.4 is 5.32 Å². The van der Waals surface area contributed by atoms with Crippen LogP contribution in [0.15, 0.2) is 36.5 Å². The highest BCUT2D eigenvalue weighted by atomic mass is 16.4. The third kappa shape index (κ3) is 3.32. The first kappa shape index (κ1) is 16.2. The summed E-state index contributed by atoms with van der Waals surface area (Å²) in [5.74, 6) is -1.09. The lowest BCUT2D eigenvalue weighted by atomic mass is 9.92. The third-order valence-corrected chi connectivity index (χ3v) is 4.63. The van der Waals surface area contributed by atoms with Gasteiger partial charge in [0.25, 0.3) is 5.91 Å². The Bertz CT molecular complexity index is 743. The molecule has 3 rings (SSSR count). The number of aryl methyl sites for hydroxylation is 1. The molecule has 0 radical (unpaired) electrons. The van der Waals surface area contributed by atoms with Gasteiger partial charge in [0, 0.05) is 17.5 Å². The number of carbonyl (C=O) groups excluding carboxylic acids is 1. The van der Waals surface area contributed by atoms with Crippen molar-refractivity contribution < 1.29 is 14.7 Å². The van der Waals surface area contributed by atoms with Crippen molar-refractivity contribution >= 4 is 11.9 Å². The Morgan fingerprint density at radius 3 is 2.42 bits per heavy atom. The van der Waals surface area contributed by atoms with E-state index in [1.165, 1.54) is 0 Å². The second kappa shape index (κ2) is 6.47. The van der Waals surface area contributed by atoms with Gasteiger partial charge < -0.3 is 10.4 Å². The van der Waals surface area contributed by atoms with Gasteiger partial charge in [-0.2, -0.15) is 5.10 Å². The normalized spacial score (nSPS) is 16.0. The van der Waals surface area contributed by atoms with Gasteiger partial charge in [-0.25, -0.2) is 4.68 Å². The zero-order chi connectivity index (χ0) is 17.2. The Balaban J connectivity index is 1.75. The van der Waals surface area contributed by atoms with Crippen LogP contribution in [0.25, 0.3) is 5.69 Å². The maximum absolute atomic E-state index is 12.5. The molecular weight excluding hydrogens is 306 g/mol. The zero-order valence-electron chi connectivity index (χ0n) is 13.7. The highest BCUT2D eigenvalue weighted by Crippen LogP contribution is 2.33. The summed E-state index contributed by atoms with van der Waals surface area (Å²) in [5, 5.41) is 16.3. The summed E-state index contributed by atoms with van der Waals surface area (Å²) in [4.78, 5) is 23.7. The van der Waals surface area contributed by atoms with Crippen molar-refractivity contribution in [3.63, 3.8) is 0 Å². The molecule has 24 heavy (non-hydrogen) atoms. The van der Waals surface area contributed by atoms with Gasteiger partial charge in [0.05, 0.1) is 17.6 Å². The molecule has 1 saturated carbocycles. The lowest BCUT2D eigenvalue weighted by Crippen LogP contribution is -2.47. The third-order valence-electron chi connectivity index (χ3n) is 4.63. The van der Waals surface area contributed by atoms with Gasteiger partial charge in [0.2, 0.25) is 0 Å². The van der Waals surface area contributed by atoms with Gasteiger partial charge in [0.15, 0.2) is 0 Å². The number of carboxylic acid groups (broad SMARTS) is 1. The highest BCUT2D eigenvalue weighted by Gasteiger charge is 2.37. The Morgan fingerprint density at radius 1 is 1.21 bits per heavy atom. The van der Waals surface area contributed by atoms with Crippen LogP contribution in [0.4, 0.5) is 0 Å². The minimum Gasteiger partial charge on any atom is -0.481 e. The monoisotopic (exact) mass is 327 g/mol. The molecule has 0 bridgehead atoms. The van der Waals surface area contributed by atoms with Crippen LogP contribution in [0.5, 0.6) is 0 Å². The van der Waals surface area contributed by atoms with E-state index in [-0.39, 0.29) is 12.3 Å². The first-order valence-electron chi connectivity index (χ1n) is 8.14. The highest BCUT2D eigenvalue weighted by molar-refractivity contribution is 5.95. The summed E-state index contributed by atoms with van der Waals surface area (Å²) in [6.07, 6.45) is 5.04. The van der Waals surface area contributed by atoms with E-state index in [0.717, 1.165) is 37.1 Å². The van der Waals surface area contributed by atoms with Crippen molar-refractivity contribution in [2.24, 2.45) is 0 Å². The molecule has 2 aromatic rings. The van der Waals surface area contributed by atoms with Gasteiger partial charge >= 0.3 is 5.97 Å².